The first kappa shape index (κ1) is 18.2. The summed E-state index contributed by atoms with van der Waals surface area (Å²) in [5.41, 5.74) is 0. The van der Waals surface area contributed by atoms with E-state index in [9.17, 15) is 4.79 Å². The molecule has 1 aromatic heterocycles. The molecule has 5 nitrogen and oxygen atoms in total. The highest BCUT2D eigenvalue weighted by Gasteiger charge is 2.20. The number of aromatic nitrogens is 2. The first-order valence-electron chi connectivity index (χ1n) is 7.32. The standard InChI is InChI=1S/C14H26N4OS2/c1-9(2)7-15-13-16-17-14(21-13)20-8-12(19)18(10(3)4)11(5)6/h9-11H,7-8H2,1-6H3,(H,15,16). The Hall–Kier alpha value is -0.820. The lowest BCUT2D eigenvalue weighted by atomic mass is 10.2. The fourth-order valence-electron chi connectivity index (χ4n) is 2.00. The van der Waals surface area contributed by atoms with E-state index < -0.39 is 0 Å². The molecule has 0 unspecified atom stereocenters. The molecule has 120 valence electrons. The van der Waals surface area contributed by atoms with Gasteiger partial charge in [-0.3, -0.25) is 4.79 Å². The van der Waals surface area contributed by atoms with Gasteiger partial charge in [-0.2, -0.15) is 0 Å². The second kappa shape index (κ2) is 8.58. The topological polar surface area (TPSA) is 58.1 Å². The molecule has 0 bridgehead atoms. The van der Waals surface area contributed by atoms with Crippen molar-refractivity contribution in [3.63, 3.8) is 0 Å². The summed E-state index contributed by atoms with van der Waals surface area (Å²) >= 11 is 2.96. The third-order valence-corrected chi connectivity index (χ3v) is 4.79. The maximum absolute atomic E-state index is 12.3. The maximum atomic E-state index is 12.3. The summed E-state index contributed by atoms with van der Waals surface area (Å²) < 4.78 is 0.835. The lowest BCUT2D eigenvalue weighted by molar-refractivity contribution is -0.131. The minimum atomic E-state index is 0.150. The Kier molecular flexibility index (Phi) is 7.45. The third kappa shape index (κ3) is 6.22. The van der Waals surface area contributed by atoms with Gasteiger partial charge in [-0.1, -0.05) is 36.9 Å². The smallest absolute Gasteiger partial charge is 0.233 e. The molecule has 0 aromatic carbocycles. The summed E-state index contributed by atoms with van der Waals surface area (Å²) in [7, 11) is 0. The molecule has 1 aromatic rings. The molecule has 0 spiro atoms. The van der Waals surface area contributed by atoms with Crippen LogP contribution in [-0.4, -0.2) is 45.4 Å². The van der Waals surface area contributed by atoms with Crippen LogP contribution < -0.4 is 5.32 Å². The third-order valence-electron chi connectivity index (χ3n) is 2.79. The predicted octanol–water partition coefficient (Wildman–Crippen LogP) is 3.34. The minimum absolute atomic E-state index is 0.150. The number of anilines is 1. The Balaban J connectivity index is 2.49. The van der Waals surface area contributed by atoms with Crippen molar-refractivity contribution < 1.29 is 4.79 Å². The van der Waals surface area contributed by atoms with Crippen LogP contribution in [0.15, 0.2) is 4.34 Å². The van der Waals surface area contributed by atoms with Crippen molar-refractivity contribution in [3.05, 3.63) is 0 Å². The molecule has 0 fully saturated rings. The summed E-state index contributed by atoms with van der Waals surface area (Å²) in [6, 6.07) is 0.437. The second-order valence-electron chi connectivity index (χ2n) is 5.93. The van der Waals surface area contributed by atoms with Crippen molar-refractivity contribution >= 4 is 34.1 Å². The van der Waals surface area contributed by atoms with Gasteiger partial charge >= 0.3 is 0 Å². The Labute approximate surface area is 135 Å². The van der Waals surface area contributed by atoms with E-state index in [4.69, 9.17) is 0 Å². The van der Waals surface area contributed by atoms with Gasteiger partial charge in [0.2, 0.25) is 11.0 Å². The Bertz CT molecular complexity index is 438. The molecule has 1 rings (SSSR count). The van der Waals surface area contributed by atoms with Crippen LogP contribution in [0.3, 0.4) is 0 Å². The highest BCUT2D eigenvalue weighted by molar-refractivity contribution is 8.01. The van der Waals surface area contributed by atoms with Gasteiger partial charge in [0.05, 0.1) is 5.75 Å². The van der Waals surface area contributed by atoms with Crippen LogP contribution in [0.25, 0.3) is 0 Å². The molecule has 1 amide bonds. The highest BCUT2D eigenvalue weighted by atomic mass is 32.2. The molecule has 1 heterocycles. The number of nitrogens with zero attached hydrogens (tertiary/aromatic N) is 3. The lowest BCUT2D eigenvalue weighted by Gasteiger charge is -2.30. The fourth-order valence-corrected chi connectivity index (χ4v) is 3.63. The Morgan fingerprint density at radius 2 is 1.81 bits per heavy atom. The largest absolute Gasteiger partial charge is 0.360 e. The van der Waals surface area contributed by atoms with Gasteiger partial charge in [0.25, 0.3) is 0 Å². The molecule has 21 heavy (non-hydrogen) atoms. The van der Waals surface area contributed by atoms with Gasteiger partial charge in [-0.05, 0) is 33.6 Å². The van der Waals surface area contributed by atoms with Crippen LogP contribution in [-0.2, 0) is 4.79 Å². The summed E-state index contributed by atoms with van der Waals surface area (Å²) in [5, 5.41) is 12.3. The fraction of sp³-hybridized carbons (Fsp3) is 0.786. The molecule has 0 saturated heterocycles. The number of amides is 1. The molecular formula is C14H26N4OS2. The average molecular weight is 331 g/mol. The molecule has 0 saturated carbocycles. The van der Waals surface area contributed by atoms with Crippen molar-refractivity contribution in [2.45, 2.75) is 58.0 Å². The van der Waals surface area contributed by atoms with Gasteiger partial charge in [0.15, 0.2) is 4.34 Å². The van der Waals surface area contributed by atoms with Gasteiger partial charge < -0.3 is 10.2 Å². The maximum Gasteiger partial charge on any atom is 0.233 e. The quantitative estimate of drug-likeness (QED) is 0.741. The molecule has 0 radical (unpaired) electrons. The zero-order valence-electron chi connectivity index (χ0n) is 13.7. The summed E-state index contributed by atoms with van der Waals surface area (Å²) in [5.74, 6) is 1.13. The highest BCUT2D eigenvalue weighted by Crippen LogP contribution is 2.26. The molecule has 1 N–H and O–H groups in total. The SMILES string of the molecule is CC(C)CNc1nnc(SCC(=O)N(C(C)C)C(C)C)s1. The Morgan fingerprint density at radius 1 is 1.19 bits per heavy atom. The van der Waals surface area contributed by atoms with Crippen molar-refractivity contribution in [1.82, 2.24) is 15.1 Å². The molecule has 0 atom stereocenters. The number of thioether (sulfide) groups is 1. The van der Waals surface area contributed by atoms with E-state index in [-0.39, 0.29) is 18.0 Å². The van der Waals surface area contributed by atoms with Crippen LogP contribution in [0.4, 0.5) is 5.13 Å². The minimum Gasteiger partial charge on any atom is -0.360 e. The first-order valence-corrected chi connectivity index (χ1v) is 9.12. The van der Waals surface area contributed by atoms with Crippen LogP contribution in [0, 0.1) is 5.92 Å². The van der Waals surface area contributed by atoms with Gasteiger partial charge in [0, 0.05) is 18.6 Å². The number of carbonyl (C=O) groups excluding carboxylic acids is 1. The van der Waals surface area contributed by atoms with Gasteiger partial charge in [-0.15, -0.1) is 10.2 Å². The Morgan fingerprint density at radius 3 is 2.33 bits per heavy atom. The molecule has 0 aliphatic heterocycles. The monoisotopic (exact) mass is 330 g/mol. The lowest BCUT2D eigenvalue weighted by Crippen LogP contribution is -2.43. The number of rotatable bonds is 8. The van der Waals surface area contributed by atoms with Crippen molar-refractivity contribution in [2.24, 2.45) is 5.92 Å². The van der Waals surface area contributed by atoms with E-state index >= 15 is 0 Å². The first-order chi connectivity index (χ1) is 9.81. The van der Waals surface area contributed by atoms with Gasteiger partial charge in [0.1, 0.15) is 0 Å². The molecule has 0 aliphatic carbocycles. The zero-order chi connectivity index (χ0) is 16.0. The number of carbonyl (C=O) groups is 1. The second-order valence-corrected chi connectivity index (χ2v) is 8.13. The molecule has 0 aliphatic rings. The molecule has 7 heteroatoms. The van der Waals surface area contributed by atoms with Gasteiger partial charge in [-0.25, -0.2) is 0 Å². The van der Waals surface area contributed by atoms with E-state index in [0.29, 0.717) is 11.7 Å². The van der Waals surface area contributed by atoms with E-state index in [1.165, 1.54) is 23.1 Å². The van der Waals surface area contributed by atoms with Crippen molar-refractivity contribution in [1.29, 1.82) is 0 Å². The average Bonchev–Trinajstić information content (AvgIpc) is 2.81. The number of hydrogen-bond donors (Lipinski definition) is 1. The van der Waals surface area contributed by atoms with Crippen LogP contribution in [0.1, 0.15) is 41.5 Å². The van der Waals surface area contributed by atoms with E-state index in [1.54, 1.807) is 0 Å². The molecular weight excluding hydrogens is 304 g/mol. The zero-order valence-corrected chi connectivity index (χ0v) is 15.3. The van der Waals surface area contributed by atoms with Crippen LogP contribution in [0.5, 0.6) is 0 Å². The summed E-state index contributed by atoms with van der Waals surface area (Å²) in [6.07, 6.45) is 0. The number of nitrogens with one attached hydrogen (secondary N) is 1. The van der Waals surface area contributed by atoms with E-state index in [0.717, 1.165) is 16.0 Å². The predicted molar refractivity (Wildman–Crippen MR) is 91.1 cm³/mol. The van der Waals surface area contributed by atoms with E-state index in [2.05, 4.69) is 29.4 Å². The number of hydrogen-bond acceptors (Lipinski definition) is 6. The van der Waals surface area contributed by atoms with Crippen molar-refractivity contribution in [3.8, 4) is 0 Å². The van der Waals surface area contributed by atoms with Crippen LogP contribution in [0.2, 0.25) is 0 Å². The normalized spacial score (nSPS) is 11.5. The van der Waals surface area contributed by atoms with E-state index in [1.807, 2.05) is 32.6 Å². The van der Waals surface area contributed by atoms with Crippen LogP contribution >= 0.6 is 23.1 Å². The summed E-state index contributed by atoms with van der Waals surface area (Å²) in [6.45, 7) is 13.3. The van der Waals surface area contributed by atoms with Crippen molar-refractivity contribution in [2.75, 3.05) is 17.6 Å². The summed E-state index contributed by atoms with van der Waals surface area (Å²) in [4.78, 5) is 14.2.